The SMILES string of the molecule is CNC(=O)c1cc(C(=O)CCC2CCOCC2)cc(Cc2ccccc2)n1. The molecule has 1 fully saturated rings. The van der Waals surface area contributed by atoms with Crippen LogP contribution in [0.15, 0.2) is 42.5 Å². The van der Waals surface area contributed by atoms with Crippen LogP contribution in [0.5, 0.6) is 0 Å². The van der Waals surface area contributed by atoms with Crippen LogP contribution in [0.2, 0.25) is 0 Å². The highest BCUT2D eigenvalue weighted by Gasteiger charge is 2.18. The third-order valence-corrected chi connectivity index (χ3v) is 5.01. The van der Waals surface area contributed by atoms with Gasteiger partial charge in [0.25, 0.3) is 5.91 Å². The molecule has 2 heterocycles. The second kappa shape index (κ2) is 9.42. The summed E-state index contributed by atoms with van der Waals surface area (Å²) in [4.78, 5) is 29.3. The Kier molecular flexibility index (Phi) is 6.71. The number of hydrogen-bond donors (Lipinski definition) is 1. The maximum absolute atomic E-state index is 12.8. The van der Waals surface area contributed by atoms with Gasteiger partial charge in [0.2, 0.25) is 0 Å². The van der Waals surface area contributed by atoms with E-state index in [0.717, 1.165) is 43.7 Å². The number of benzene rings is 1. The smallest absolute Gasteiger partial charge is 0.269 e. The van der Waals surface area contributed by atoms with Crippen LogP contribution in [0.3, 0.4) is 0 Å². The van der Waals surface area contributed by atoms with E-state index in [0.29, 0.717) is 30.0 Å². The van der Waals surface area contributed by atoms with Gasteiger partial charge in [-0.1, -0.05) is 30.3 Å². The molecule has 1 N–H and O–H groups in total. The number of ketones is 1. The highest BCUT2D eigenvalue weighted by molar-refractivity contribution is 5.99. The van der Waals surface area contributed by atoms with Gasteiger partial charge in [0.05, 0.1) is 0 Å². The number of aromatic nitrogens is 1. The first-order chi connectivity index (χ1) is 13.2. The van der Waals surface area contributed by atoms with Crippen molar-refractivity contribution >= 4 is 11.7 Å². The summed E-state index contributed by atoms with van der Waals surface area (Å²) >= 11 is 0. The van der Waals surface area contributed by atoms with Gasteiger partial charge in [-0.3, -0.25) is 9.59 Å². The van der Waals surface area contributed by atoms with Crippen molar-refractivity contribution in [2.24, 2.45) is 5.92 Å². The van der Waals surface area contributed by atoms with E-state index in [4.69, 9.17) is 4.74 Å². The third-order valence-electron chi connectivity index (χ3n) is 5.01. The van der Waals surface area contributed by atoms with E-state index in [9.17, 15) is 9.59 Å². The summed E-state index contributed by atoms with van der Waals surface area (Å²) < 4.78 is 5.38. The molecule has 1 aliphatic heterocycles. The lowest BCUT2D eigenvalue weighted by molar-refractivity contribution is 0.0619. The van der Waals surface area contributed by atoms with Gasteiger partial charge in [0.15, 0.2) is 5.78 Å². The second-order valence-electron chi connectivity index (χ2n) is 6.99. The lowest BCUT2D eigenvalue weighted by Crippen LogP contribution is -2.21. The van der Waals surface area contributed by atoms with E-state index >= 15 is 0 Å². The van der Waals surface area contributed by atoms with Crippen molar-refractivity contribution in [1.29, 1.82) is 0 Å². The quantitative estimate of drug-likeness (QED) is 0.763. The fourth-order valence-electron chi connectivity index (χ4n) is 3.40. The van der Waals surface area contributed by atoms with Gasteiger partial charge in [-0.15, -0.1) is 0 Å². The molecule has 2 aromatic rings. The predicted octanol–water partition coefficient (Wildman–Crippen LogP) is 3.42. The first kappa shape index (κ1) is 19.2. The average molecular weight is 366 g/mol. The summed E-state index contributed by atoms with van der Waals surface area (Å²) in [6.45, 7) is 1.58. The number of carbonyl (C=O) groups is 2. The summed E-state index contributed by atoms with van der Waals surface area (Å²) in [6.07, 6.45) is 3.99. The Morgan fingerprint density at radius 1 is 1.15 bits per heavy atom. The van der Waals surface area contributed by atoms with Gasteiger partial charge < -0.3 is 10.1 Å². The zero-order chi connectivity index (χ0) is 19.1. The first-order valence-electron chi connectivity index (χ1n) is 9.53. The summed E-state index contributed by atoms with van der Waals surface area (Å²) in [5.74, 6) is 0.346. The van der Waals surface area contributed by atoms with Crippen molar-refractivity contribution in [2.75, 3.05) is 20.3 Å². The van der Waals surface area contributed by atoms with E-state index in [1.54, 1.807) is 13.1 Å². The maximum atomic E-state index is 12.8. The minimum absolute atomic E-state index is 0.0726. The normalized spacial score (nSPS) is 14.7. The molecule has 5 heteroatoms. The number of pyridine rings is 1. The number of rotatable bonds is 7. The summed E-state index contributed by atoms with van der Waals surface area (Å²) in [6, 6.07) is 13.4. The molecular weight excluding hydrogens is 340 g/mol. The van der Waals surface area contributed by atoms with Crippen LogP contribution in [0.1, 0.15) is 57.8 Å². The lowest BCUT2D eigenvalue weighted by Gasteiger charge is -2.21. The molecule has 0 bridgehead atoms. The maximum Gasteiger partial charge on any atom is 0.269 e. The largest absolute Gasteiger partial charge is 0.381 e. The van der Waals surface area contributed by atoms with Crippen molar-refractivity contribution in [2.45, 2.75) is 32.1 Å². The van der Waals surface area contributed by atoms with E-state index in [2.05, 4.69) is 10.3 Å². The standard InChI is InChI=1S/C22H26N2O3/c1-23-22(26)20-15-18(21(25)8-7-16-9-11-27-12-10-16)14-19(24-20)13-17-5-3-2-4-6-17/h2-6,14-16H,7-13H2,1H3,(H,23,26). The monoisotopic (exact) mass is 366 g/mol. The number of hydrogen-bond acceptors (Lipinski definition) is 4. The van der Waals surface area contributed by atoms with Gasteiger partial charge in [-0.25, -0.2) is 4.98 Å². The van der Waals surface area contributed by atoms with Crippen LogP contribution in [-0.2, 0) is 11.2 Å². The van der Waals surface area contributed by atoms with Crippen LogP contribution in [-0.4, -0.2) is 36.9 Å². The van der Waals surface area contributed by atoms with Crippen molar-refractivity contribution < 1.29 is 14.3 Å². The zero-order valence-electron chi connectivity index (χ0n) is 15.7. The molecule has 0 unspecified atom stereocenters. The molecule has 0 saturated carbocycles. The van der Waals surface area contributed by atoms with Crippen LogP contribution >= 0.6 is 0 Å². The van der Waals surface area contributed by atoms with E-state index < -0.39 is 0 Å². The predicted molar refractivity (Wildman–Crippen MR) is 104 cm³/mol. The molecule has 0 radical (unpaired) electrons. The van der Waals surface area contributed by atoms with Crippen molar-refractivity contribution in [3.63, 3.8) is 0 Å². The topological polar surface area (TPSA) is 68.3 Å². The minimum atomic E-state index is -0.275. The van der Waals surface area contributed by atoms with Crippen LogP contribution < -0.4 is 5.32 Å². The Morgan fingerprint density at radius 3 is 2.59 bits per heavy atom. The van der Waals surface area contributed by atoms with Gasteiger partial charge in [-0.2, -0.15) is 0 Å². The molecule has 1 aromatic carbocycles. The lowest BCUT2D eigenvalue weighted by atomic mass is 9.92. The van der Waals surface area contributed by atoms with Gasteiger partial charge >= 0.3 is 0 Å². The number of Topliss-reactive ketones (excluding diaryl/α,β-unsaturated/α-hetero) is 1. The number of carbonyl (C=O) groups excluding carboxylic acids is 2. The molecule has 0 atom stereocenters. The fraction of sp³-hybridized carbons (Fsp3) is 0.409. The number of ether oxygens (including phenoxy) is 1. The van der Waals surface area contributed by atoms with Crippen LogP contribution in [0.25, 0.3) is 0 Å². The molecule has 0 spiro atoms. The molecule has 1 aromatic heterocycles. The van der Waals surface area contributed by atoms with E-state index in [-0.39, 0.29) is 11.7 Å². The van der Waals surface area contributed by atoms with E-state index in [1.165, 1.54) is 0 Å². The Bertz CT molecular complexity index is 783. The van der Waals surface area contributed by atoms with Gasteiger partial charge in [0.1, 0.15) is 5.69 Å². The fourth-order valence-corrected chi connectivity index (χ4v) is 3.40. The highest BCUT2D eigenvalue weighted by Crippen LogP contribution is 2.22. The second-order valence-corrected chi connectivity index (χ2v) is 6.99. The van der Waals surface area contributed by atoms with Crippen molar-refractivity contribution in [3.8, 4) is 0 Å². The summed E-state index contributed by atoms with van der Waals surface area (Å²) in [5, 5.41) is 2.60. The molecule has 1 saturated heterocycles. The Balaban J connectivity index is 1.76. The van der Waals surface area contributed by atoms with E-state index in [1.807, 2.05) is 36.4 Å². The molecule has 1 aliphatic rings. The molecule has 27 heavy (non-hydrogen) atoms. The third kappa shape index (κ3) is 5.47. The molecular formula is C22H26N2O3. The van der Waals surface area contributed by atoms with Gasteiger partial charge in [0, 0.05) is 44.4 Å². The minimum Gasteiger partial charge on any atom is -0.381 e. The molecule has 3 rings (SSSR count). The van der Waals surface area contributed by atoms with Crippen LogP contribution in [0, 0.1) is 5.92 Å². The highest BCUT2D eigenvalue weighted by atomic mass is 16.5. The van der Waals surface area contributed by atoms with Crippen molar-refractivity contribution in [3.05, 3.63) is 65.0 Å². The molecule has 5 nitrogen and oxygen atoms in total. The average Bonchev–Trinajstić information content (AvgIpc) is 2.72. The Morgan fingerprint density at radius 2 is 1.89 bits per heavy atom. The summed E-state index contributed by atoms with van der Waals surface area (Å²) in [7, 11) is 1.57. The van der Waals surface area contributed by atoms with Crippen LogP contribution in [0.4, 0.5) is 0 Å². The number of amides is 1. The Hall–Kier alpha value is -2.53. The molecule has 142 valence electrons. The molecule has 1 amide bonds. The Labute approximate surface area is 160 Å². The summed E-state index contributed by atoms with van der Waals surface area (Å²) in [5.41, 5.74) is 2.69. The molecule has 0 aliphatic carbocycles. The zero-order valence-corrected chi connectivity index (χ0v) is 15.7. The first-order valence-corrected chi connectivity index (χ1v) is 9.53. The number of nitrogens with one attached hydrogen (secondary N) is 1. The van der Waals surface area contributed by atoms with Crippen molar-refractivity contribution in [1.82, 2.24) is 10.3 Å². The van der Waals surface area contributed by atoms with Gasteiger partial charge in [-0.05, 0) is 42.9 Å². The number of nitrogens with zero attached hydrogens (tertiary/aromatic N) is 1.